The number of benzene rings is 1. The summed E-state index contributed by atoms with van der Waals surface area (Å²) in [7, 11) is 0. The zero-order valence-electron chi connectivity index (χ0n) is 14.9. The summed E-state index contributed by atoms with van der Waals surface area (Å²) in [5.41, 5.74) is 2.36. The highest BCUT2D eigenvalue weighted by molar-refractivity contribution is 7.99. The molecule has 3 heterocycles. The van der Waals surface area contributed by atoms with Crippen molar-refractivity contribution in [3.63, 3.8) is 0 Å². The van der Waals surface area contributed by atoms with Crippen molar-refractivity contribution in [3.05, 3.63) is 59.0 Å². The van der Waals surface area contributed by atoms with E-state index in [1.807, 2.05) is 31.2 Å². The Kier molecular flexibility index (Phi) is 4.57. The first kappa shape index (κ1) is 17.5. The van der Waals surface area contributed by atoms with Gasteiger partial charge in [-0.05, 0) is 24.6 Å². The predicted octanol–water partition coefficient (Wildman–Crippen LogP) is 2.23. The highest BCUT2D eigenvalue weighted by atomic mass is 32.2. The Morgan fingerprint density at radius 3 is 3.11 bits per heavy atom. The van der Waals surface area contributed by atoms with Gasteiger partial charge in [-0.3, -0.25) is 14.2 Å². The molecule has 0 bridgehead atoms. The van der Waals surface area contributed by atoms with E-state index in [2.05, 4.69) is 22.0 Å². The summed E-state index contributed by atoms with van der Waals surface area (Å²) in [5, 5.41) is 8.22. The molecule has 0 fully saturated rings. The number of nitrogens with one attached hydrogen (secondary N) is 1. The molecular formula is C19H19N5O2S. The standard InChI is InChI=1S/C19H19N5O2S/c1-3-7-20-16(25)9-14-11-27-19-22-17-15(18(26)23(14)19)10-21-24(17)13-6-4-5-12(2)8-13/h3-6,8,10,14H,1,7,9,11H2,2H3,(H,20,25). The Morgan fingerprint density at radius 1 is 1.48 bits per heavy atom. The molecular weight excluding hydrogens is 362 g/mol. The third-order valence-electron chi connectivity index (χ3n) is 4.48. The van der Waals surface area contributed by atoms with Gasteiger partial charge in [-0.25, -0.2) is 9.67 Å². The lowest BCUT2D eigenvalue weighted by Gasteiger charge is -2.13. The van der Waals surface area contributed by atoms with E-state index in [0.717, 1.165) is 11.3 Å². The van der Waals surface area contributed by atoms with E-state index in [9.17, 15) is 9.59 Å². The largest absolute Gasteiger partial charge is 0.353 e. The molecule has 27 heavy (non-hydrogen) atoms. The molecule has 0 aliphatic carbocycles. The first-order valence-corrected chi connectivity index (χ1v) is 9.64. The summed E-state index contributed by atoms with van der Waals surface area (Å²) < 4.78 is 3.32. The van der Waals surface area contributed by atoms with E-state index in [0.29, 0.717) is 28.5 Å². The summed E-state index contributed by atoms with van der Waals surface area (Å²) in [6.07, 6.45) is 3.43. The monoisotopic (exact) mass is 381 g/mol. The maximum atomic E-state index is 13.0. The number of hydrogen-bond donors (Lipinski definition) is 1. The molecule has 1 N–H and O–H groups in total. The highest BCUT2D eigenvalue weighted by Crippen LogP contribution is 2.33. The van der Waals surface area contributed by atoms with Crippen molar-refractivity contribution in [2.24, 2.45) is 0 Å². The van der Waals surface area contributed by atoms with Gasteiger partial charge in [-0.1, -0.05) is 30.0 Å². The minimum absolute atomic E-state index is 0.101. The van der Waals surface area contributed by atoms with Gasteiger partial charge in [-0.2, -0.15) is 5.10 Å². The lowest BCUT2D eigenvalue weighted by Crippen LogP contribution is -2.30. The van der Waals surface area contributed by atoms with Crippen molar-refractivity contribution in [1.29, 1.82) is 0 Å². The Morgan fingerprint density at radius 2 is 2.33 bits per heavy atom. The lowest BCUT2D eigenvalue weighted by atomic mass is 10.2. The van der Waals surface area contributed by atoms with Gasteiger partial charge < -0.3 is 5.32 Å². The van der Waals surface area contributed by atoms with Crippen molar-refractivity contribution in [1.82, 2.24) is 24.6 Å². The van der Waals surface area contributed by atoms with Gasteiger partial charge >= 0.3 is 0 Å². The van der Waals surface area contributed by atoms with Crippen LogP contribution in [0, 0.1) is 6.92 Å². The SMILES string of the molecule is C=CCNC(=O)CC1CSc2nc3c(cnn3-c3cccc(C)c3)c(=O)n21. The molecule has 1 aliphatic heterocycles. The van der Waals surface area contributed by atoms with Gasteiger partial charge in [0, 0.05) is 18.7 Å². The number of thioether (sulfide) groups is 1. The van der Waals surface area contributed by atoms with Gasteiger partial charge in [0.15, 0.2) is 10.8 Å². The van der Waals surface area contributed by atoms with Gasteiger partial charge in [0.05, 0.1) is 17.9 Å². The third-order valence-corrected chi connectivity index (χ3v) is 5.58. The molecule has 1 atom stereocenters. The van der Waals surface area contributed by atoms with Crippen LogP contribution >= 0.6 is 11.8 Å². The second-order valence-corrected chi connectivity index (χ2v) is 7.45. The molecule has 0 spiro atoms. The molecule has 0 saturated heterocycles. The van der Waals surface area contributed by atoms with Crippen LogP contribution in [0.3, 0.4) is 0 Å². The highest BCUT2D eigenvalue weighted by Gasteiger charge is 2.29. The van der Waals surface area contributed by atoms with Crippen molar-refractivity contribution in [2.45, 2.75) is 24.5 Å². The van der Waals surface area contributed by atoms with Gasteiger partial charge in [0.2, 0.25) is 5.91 Å². The quantitative estimate of drug-likeness (QED) is 0.541. The molecule has 1 amide bonds. The van der Waals surface area contributed by atoms with Crippen LogP contribution in [0.1, 0.15) is 18.0 Å². The molecule has 1 unspecified atom stereocenters. The smallest absolute Gasteiger partial charge is 0.265 e. The average Bonchev–Trinajstić information content (AvgIpc) is 3.25. The Labute approximate surface area is 160 Å². The van der Waals surface area contributed by atoms with E-state index in [1.165, 1.54) is 11.8 Å². The number of carbonyl (C=O) groups excluding carboxylic acids is 1. The molecule has 3 aromatic rings. The Bertz CT molecular complexity index is 1100. The molecule has 138 valence electrons. The van der Waals surface area contributed by atoms with E-state index >= 15 is 0 Å². The fourth-order valence-corrected chi connectivity index (χ4v) is 4.33. The maximum absolute atomic E-state index is 13.0. The normalized spacial score (nSPS) is 15.7. The summed E-state index contributed by atoms with van der Waals surface area (Å²) >= 11 is 1.49. The number of aryl methyl sites for hydroxylation is 1. The van der Waals surface area contributed by atoms with Crippen LogP contribution in [0.4, 0.5) is 0 Å². The van der Waals surface area contributed by atoms with Crippen molar-refractivity contribution >= 4 is 28.7 Å². The predicted molar refractivity (Wildman–Crippen MR) is 105 cm³/mol. The first-order valence-electron chi connectivity index (χ1n) is 8.66. The number of nitrogens with zero attached hydrogens (tertiary/aromatic N) is 4. The number of rotatable bonds is 5. The number of fused-ring (bicyclic) bond motifs is 2. The maximum Gasteiger partial charge on any atom is 0.265 e. The zero-order chi connectivity index (χ0) is 19.0. The van der Waals surface area contributed by atoms with E-state index in [-0.39, 0.29) is 23.9 Å². The van der Waals surface area contributed by atoms with Crippen molar-refractivity contribution < 1.29 is 4.79 Å². The van der Waals surface area contributed by atoms with Crippen LogP contribution in [0.15, 0.2) is 53.1 Å². The number of amides is 1. The fourth-order valence-electron chi connectivity index (χ4n) is 3.20. The second kappa shape index (κ2) is 7.03. The van der Waals surface area contributed by atoms with Crippen molar-refractivity contribution in [3.8, 4) is 5.69 Å². The Hall–Kier alpha value is -2.87. The van der Waals surface area contributed by atoms with E-state index in [1.54, 1.807) is 21.5 Å². The molecule has 1 aromatic carbocycles. The number of carbonyl (C=O) groups is 1. The van der Waals surface area contributed by atoms with E-state index < -0.39 is 0 Å². The van der Waals surface area contributed by atoms with E-state index in [4.69, 9.17) is 0 Å². The van der Waals surface area contributed by atoms with Crippen LogP contribution in [-0.2, 0) is 4.79 Å². The zero-order valence-corrected chi connectivity index (χ0v) is 15.7. The molecule has 4 rings (SSSR count). The first-order chi connectivity index (χ1) is 13.1. The van der Waals surface area contributed by atoms with Crippen LogP contribution in [0.25, 0.3) is 16.7 Å². The second-order valence-electron chi connectivity index (χ2n) is 6.46. The summed E-state index contributed by atoms with van der Waals surface area (Å²) in [4.78, 5) is 29.8. The topological polar surface area (TPSA) is 81.8 Å². The summed E-state index contributed by atoms with van der Waals surface area (Å²) in [5.74, 6) is 0.546. The summed E-state index contributed by atoms with van der Waals surface area (Å²) in [6.45, 7) is 6.01. The van der Waals surface area contributed by atoms with Gasteiger partial charge in [-0.15, -0.1) is 6.58 Å². The average molecular weight is 381 g/mol. The van der Waals surface area contributed by atoms with Crippen LogP contribution in [0.2, 0.25) is 0 Å². The van der Waals surface area contributed by atoms with Crippen LogP contribution < -0.4 is 10.9 Å². The number of hydrogen-bond acceptors (Lipinski definition) is 5. The Balaban J connectivity index is 1.74. The molecule has 2 aromatic heterocycles. The van der Waals surface area contributed by atoms with Crippen LogP contribution in [0.5, 0.6) is 0 Å². The van der Waals surface area contributed by atoms with Gasteiger partial charge in [0.1, 0.15) is 5.39 Å². The minimum Gasteiger partial charge on any atom is -0.353 e. The lowest BCUT2D eigenvalue weighted by molar-refractivity contribution is -0.121. The third kappa shape index (κ3) is 3.16. The molecule has 1 aliphatic rings. The van der Waals surface area contributed by atoms with Gasteiger partial charge in [0.25, 0.3) is 5.56 Å². The molecule has 7 nitrogen and oxygen atoms in total. The fraction of sp³-hybridized carbons (Fsp3) is 0.263. The van der Waals surface area contributed by atoms with Crippen molar-refractivity contribution in [2.75, 3.05) is 12.3 Å². The molecule has 0 radical (unpaired) electrons. The summed E-state index contributed by atoms with van der Waals surface area (Å²) in [6, 6.07) is 7.68. The number of aromatic nitrogens is 4. The minimum atomic E-state index is -0.207. The van der Waals surface area contributed by atoms with Crippen LogP contribution in [-0.4, -0.2) is 37.5 Å². The molecule has 8 heteroatoms. The molecule has 0 saturated carbocycles.